The number of aliphatic hydroxyl groups excluding tert-OH is 1. The van der Waals surface area contributed by atoms with Gasteiger partial charge in [0.2, 0.25) is 0 Å². The van der Waals surface area contributed by atoms with Gasteiger partial charge in [-0.15, -0.1) is 0 Å². The molecule has 1 heterocycles. The highest BCUT2D eigenvalue weighted by Gasteiger charge is 2.55. The predicted octanol–water partition coefficient (Wildman–Crippen LogP) is 1.92. The largest absolute Gasteiger partial charge is 0.396 e. The van der Waals surface area contributed by atoms with E-state index in [1.807, 2.05) is 6.92 Å². The van der Waals surface area contributed by atoms with Crippen molar-refractivity contribution in [3.8, 4) is 0 Å². The summed E-state index contributed by atoms with van der Waals surface area (Å²) in [6.07, 6.45) is -0.0784. The van der Waals surface area contributed by atoms with Gasteiger partial charge in [-0.2, -0.15) is 0 Å². The molecule has 1 saturated carbocycles. The van der Waals surface area contributed by atoms with Gasteiger partial charge in [-0.3, -0.25) is 0 Å². The smallest absolute Gasteiger partial charge is 0.251 e. The lowest BCUT2D eigenvalue weighted by atomic mass is 9.65. The van der Waals surface area contributed by atoms with Crippen LogP contribution in [0.3, 0.4) is 0 Å². The standard InChI is InChI=1S/C11H18F2O2/c1-6-9(4-14)10-7(2)15-5-8(10)3-11(6,12)13/h6-10,14H,3-5H2,1-2H3/t6-,7+,8-,9-,10+/m0/s1. The highest BCUT2D eigenvalue weighted by molar-refractivity contribution is 4.98. The number of fused-ring (bicyclic) bond motifs is 1. The molecular formula is C11H18F2O2. The van der Waals surface area contributed by atoms with E-state index in [9.17, 15) is 13.9 Å². The van der Waals surface area contributed by atoms with E-state index in [-0.39, 0.29) is 36.9 Å². The zero-order valence-electron chi connectivity index (χ0n) is 9.12. The van der Waals surface area contributed by atoms with E-state index in [0.29, 0.717) is 6.61 Å². The Kier molecular flexibility index (Phi) is 2.75. The van der Waals surface area contributed by atoms with Crippen molar-refractivity contribution in [2.45, 2.75) is 32.3 Å². The van der Waals surface area contributed by atoms with E-state index in [2.05, 4.69) is 0 Å². The SMILES string of the molecule is C[C@H]1OC[C@@H]2CC(F)(F)[C@@H](C)[C@H](CO)[C@@H]21. The molecule has 0 aromatic rings. The first-order valence-electron chi connectivity index (χ1n) is 5.57. The maximum Gasteiger partial charge on any atom is 0.251 e. The Labute approximate surface area is 88.6 Å². The van der Waals surface area contributed by atoms with Gasteiger partial charge in [0.25, 0.3) is 5.92 Å². The van der Waals surface area contributed by atoms with Gasteiger partial charge in [0.05, 0.1) is 12.7 Å². The predicted molar refractivity (Wildman–Crippen MR) is 51.7 cm³/mol. The molecule has 15 heavy (non-hydrogen) atoms. The molecule has 0 amide bonds. The molecule has 1 N–H and O–H groups in total. The van der Waals surface area contributed by atoms with Gasteiger partial charge < -0.3 is 9.84 Å². The number of aliphatic hydroxyl groups is 1. The minimum absolute atomic E-state index is 0.00528. The molecule has 0 aromatic heterocycles. The molecule has 2 aliphatic rings. The Bertz CT molecular complexity index is 245. The lowest BCUT2D eigenvalue weighted by molar-refractivity contribution is -0.144. The van der Waals surface area contributed by atoms with Crippen LogP contribution < -0.4 is 0 Å². The van der Waals surface area contributed by atoms with Crippen molar-refractivity contribution in [1.29, 1.82) is 0 Å². The van der Waals surface area contributed by atoms with E-state index in [1.54, 1.807) is 6.92 Å². The highest BCUT2D eigenvalue weighted by atomic mass is 19.3. The Morgan fingerprint density at radius 1 is 1.40 bits per heavy atom. The summed E-state index contributed by atoms with van der Waals surface area (Å²) in [6.45, 7) is 3.72. The third-order valence-corrected chi connectivity index (χ3v) is 4.21. The van der Waals surface area contributed by atoms with Gasteiger partial charge in [-0.25, -0.2) is 8.78 Å². The Morgan fingerprint density at radius 2 is 2.07 bits per heavy atom. The van der Waals surface area contributed by atoms with Crippen LogP contribution in [-0.2, 0) is 4.74 Å². The van der Waals surface area contributed by atoms with Gasteiger partial charge in [-0.1, -0.05) is 6.92 Å². The van der Waals surface area contributed by atoms with Crippen molar-refractivity contribution in [1.82, 2.24) is 0 Å². The zero-order valence-corrected chi connectivity index (χ0v) is 9.12. The monoisotopic (exact) mass is 220 g/mol. The number of alkyl halides is 2. The van der Waals surface area contributed by atoms with Crippen LogP contribution in [0.25, 0.3) is 0 Å². The molecule has 4 heteroatoms. The maximum atomic E-state index is 13.6. The average Bonchev–Trinajstić information content (AvgIpc) is 2.49. The van der Waals surface area contributed by atoms with Crippen LogP contribution in [0.5, 0.6) is 0 Å². The third kappa shape index (κ3) is 1.68. The second-order valence-electron chi connectivity index (χ2n) is 4.98. The molecule has 0 unspecified atom stereocenters. The van der Waals surface area contributed by atoms with Gasteiger partial charge in [0.15, 0.2) is 0 Å². The van der Waals surface area contributed by atoms with E-state index >= 15 is 0 Å². The van der Waals surface area contributed by atoms with Gasteiger partial charge >= 0.3 is 0 Å². The maximum absolute atomic E-state index is 13.6. The average molecular weight is 220 g/mol. The molecule has 5 atom stereocenters. The van der Waals surface area contributed by atoms with Gasteiger partial charge in [-0.05, 0) is 24.7 Å². The van der Waals surface area contributed by atoms with Crippen molar-refractivity contribution in [3.63, 3.8) is 0 Å². The number of halogens is 2. The molecule has 2 rings (SSSR count). The molecule has 0 radical (unpaired) electrons. The van der Waals surface area contributed by atoms with Crippen LogP contribution in [0.2, 0.25) is 0 Å². The second-order valence-corrected chi connectivity index (χ2v) is 4.98. The molecule has 2 nitrogen and oxygen atoms in total. The minimum atomic E-state index is -2.65. The number of hydrogen-bond acceptors (Lipinski definition) is 2. The fourth-order valence-electron chi connectivity index (χ4n) is 3.24. The Hall–Kier alpha value is -0.220. The summed E-state index contributed by atoms with van der Waals surface area (Å²) in [5.74, 6) is -3.70. The minimum Gasteiger partial charge on any atom is -0.396 e. The van der Waals surface area contributed by atoms with Crippen LogP contribution in [0.1, 0.15) is 20.3 Å². The van der Waals surface area contributed by atoms with Crippen LogP contribution in [0, 0.1) is 23.7 Å². The van der Waals surface area contributed by atoms with Crippen molar-refractivity contribution in [2.24, 2.45) is 23.7 Å². The van der Waals surface area contributed by atoms with Crippen LogP contribution in [0.15, 0.2) is 0 Å². The zero-order chi connectivity index (χ0) is 11.2. The topological polar surface area (TPSA) is 29.5 Å². The van der Waals surface area contributed by atoms with E-state index in [0.717, 1.165) is 0 Å². The summed E-state index contributed by atoms with van der Waals surface area (Å²) in [6, 6.07) is 0. The molecule has 1 aliphatic carbocycles. The van der Waals surface area contributed by atoms with Crippen molar-refractivity contribution in [2.75, 3.05) is 13.2 Å². The first kappa shape index (κ1) is 11.3. The molecule has 88 valence electrons. The second kappa shape index (κ2) is 3.67. The molecule has 2 fully saturated rings. The normalized spacial score (nSPS) is 49.0. The molecule has 0 aromatic carbocycles. The van der Waals surface area contributed by atoms with Crippen LogP contribution >= 0.6 is 0 Å². The fourth-order valence-corrected chi connectivity index (χ4v) is 3.24. The van der Waals surface area contributed by atoms with Gasteiger partial charge in [0.1, 0.15) is 0 Å². The molecule has 1 saturated heterocycles. The summed E-state index contributed by atoms with van der Waals surface area (Å²) in [7, 11) is 0. The molecule has 1 aliphatic heterocycles. The molecule has 0 spiro atoms. The van der Waals surface area contributed by atoms with E-state index in [4.69, 9.17) is 4.74 Å². The van der Waals surface area contributed by atoms with Crippen LogP contribution in [-0.4, -0.2) is 30.3 Å². The van der Waals surface area contributed by atoms with Crippen LogP contribution in [0.4, 0.5) is 8.78 Å². The number of ether oxygens (including phenoxy) is 1. The van der Waals surface area contributed by atoms with Crippen molar-refractivity contribution >= 4 is 0 Å². The summed E-state index contributed by atoms with van der Waals surface area (Å²) < 4.78 is 32.7. The molecular weight excluding hydrogens is 202 g/mol. The third-order valence-electron chi connectivity index (χ3n) is 4.21. The lowest BCUT2D eigenvalue weighted by Gasteiger charge is -2.43. The number of hydrogen-bond donors (Lipinski definition) is 1. The van der Waals surface area contributed by atoms with Crippen molar-refractivity contribution < 1.29 is 18.6 Å². The fraction of sp³-hybridized carbons (Fsp3) is 1.00. The summed E-state index contributed by atoms with van der Waals surface area (Å²) in [5.41, 5.74) is 0. The highest BCUT2D eigenvalue weighted by Crippen LogP contribution is 2.51. The van der Waals surface area contributed by atoms with Crippen molar-refractivity contribution in [3.05, 3.63) is 0 Å². The summed E-state index contributed by atoms with van der Waals surface area (Å²) >= 11 is 0. The first-order valence-corrected chi connectivity index (χ1v) is 5.57. The van der Waals surface area contributed by atoms with Gasteiger partial charge in [0, 0.05) is 18.9 Å². The van der Waals surface area contributed by atoms with E-state index < -0.39 is 11.8 Å². The van der Waals surface area contributed by atoms with E-state index in [1.165, 1.54) is 0 Å². The number of rotatable bonds is 1. The first-order chi connectivity index (χ1) is 6.97. The Morgan fingerprint density at radius 3 is 2.67 bits per heavy atom. The Balaban J connectivity index is 2.24. The molecule has 0 bridgehead atoms. The summed E-state index contributed by atoms with van der Waals surface area (Å²) in [4.78, 5) is 0. The summed E-state index contributed by atoms with van der Waals surface area (Å²) in [5, 5.41) is 9.27. The lowest BCUT2D eigenvalue weighted by Crippen LogP contribution is -2.48. The quantitative estimate of drug-likeness (QED) is 0.731.